The highest BCUT2D eigenvalue weighted by Crippen LogP contribution is 2.32. The maximum absolute atomic E-state index is 11.1. The van der Waals surface area contributed by atoms with Gasteiger partial charge in [-0.2, -0.15) is 0 Å². The molecule has 0 aliphatic carbocycles. The highest BCUT2D eigenvalue weighted by Gasteiger charge is 2.13. The summed E-state index contributed by atoms with van der Waals surface area (Å²) in [5, 5.41) is 0.764. The average molecular weight is 299 g/mol. The van der Waals surface area contributed by atoms with E-state index >= 15 is 0 Å². The van der Waals surface area contributed by atoms with Crippen molar-refractivity contribution in [3.05, 3.63) is 28.3 Å². The molecule has 0 bridgehead atoms. The number of amides is 1. The Balaban J connectivity index is 2.76. The van der Waals surface area contributed by atoms with Crippen molar-refractivity contribution in [2.75, 3.05) is 0 Å². The zero-order valence-corrected chi connectivity index (χ0v) is 13.3. The number of nitrogens with two attached hydrogens (primary N) is 1. The monoisotopic (exact) mass is 298 g/mol. The van der Waals surface area contributed by atoms with E-state index in [2.05, 4.69) is 19.3 Å². The average Bonchev–Trinajstić information content (AvgIpc) is 2.38. The van der Waals surface area contributed by atoms with E-state index in [0.29, 0.717) is 18.8 Å². The first-order valence-electron chi connectivity index (χ1n) is 6.81. The molecular weight excluding hydrogens is 276 g/mol. The minimum Gasteiger partial charge on any atom is -0.490 e. The molecule has 1 atom stereocenters. The predicted octanol–water partition coefficient (Wildman–Crippen LogP) is 3.31. The van der Waals surface area contributed by atoms with Gasteiger partial charge >= 0.3 is 0 Å². The van der Waals surface area contributed by atoms with E-state index < -0.39 is 0 Å². The largest absolute Gasteiger partial charge is 0.490 e. The molecule has 0 saturated carbocycles. The number of carbonyl (C=O) groups excluding carboxylic acids is 1. The van der Waals surface area contributed by atoms with Gasteiger partial charge in [-0.1, -0.05) is 25.4 Å². The summed E-state index contributed by atoms with van der Waals surface area (Å²) in [5.74, 6) is 6.02. The van der Waals surface area contributed by atoms with E-state index in [9.17, 15) is 4.79 Å². The summed E-state index contributed by atoms with van der Waals surface area (Å²) in [6.45, 7) is 8.09. The minimum atomic E-state index is -0.184. The third kappa shape index (κ3) is 4.69. The number of nitrogens with one attached hydrogen (secondary N) is 1. The summed E-state index contributed by atoms with van der Waals surface area (Å²) in [6.07, 6.45) is 0.899. The van der Waals surface area contributed by atoms with E-state index in [1.165, 1.54) is 0 Å². The molecule has 1 amide bonds. The van der Waals surface area contributed by atoms with E-state index in [1.807, 2.05) is 26.0 Å². The first kappa shape index (κ1) is 16.8. The molecule has 112 valence electrons. The number of rotatable bonds is 6. The van der Waals surface area contributed by atoms with Crippen molar-refractivity contribution in [1.82, 2.24) is 5.43 Å². The Morgan fingerprint density at radius 1 is 1.40 bits per heavy atom. The lowest BCUT2D eigenvalue weighted by atomic mass is 10.0. The van der Waals surface area contributed by atoms with Crippen LogP contribution in [0.15, 0.2) is 12.1 Å². The van der Waals surface area contributed by atoms with Crippen molar-refractivity contribution >= 4 is 17.5 Å². The van der Waals surface area contributed by atoms with Crippen molar-refractivity contribution in [3.63, 3.8) is 0 Å². The smallest absolute Gasteiger partial charge is 0.234 e. The van der Waals surface area contributed by atoms with Gasteiger partial charge in [0.25, 0.3) is 0 Å². The Labute approximate surface area is 125 Å². The number of hydrazine groups is 1. The van der Waals surface area contributed by atoms with Gasteiger partial charge in [0.2, 0.25) is 5.91 Å². The molecule has 0 saturated heterocycles. The summed E-state index contributed by atoms with van der Waals surface area (Å²) in [4.78, 5) is 11.1. The molecule has 1 rings (SSSR count). The van der Waals surface area contributed by atoms with E-state index in [0.717, 1.165) is 21.9 Å². The van der Waals surface area contributed by atoms with Gasteiger partial charge in [0.05, 0.1) is 6.10 Å². The molecule has 0 aromatic heterocycles. The van der Waals surface area contributed by atoms with Crippen molar-refractivity contribution < 1.29 is 9.53 Å². The van der Waals surface area contributed by atoms with Crippen LogP contribution in [0.4, 0.5) is 0 Å². The fraction of sp³-hybridized carbons (Fsp3) is 0.533. The van der Waals surface area contributed by atoms with Crippen LogP contribution in [0.1, 0.15) is 50.7 Å². The van der Waals surface area contributed by atoms with Crippen LogP contribution < -0.4 is 16.0 Å². The van der Waals surface area contributed by atoms with Crippen molar-refractivity contribution in [3.8, 4) is 5.75 Å². The maximum atomic E-state index is 11.1. The van der Waals surface area contributed by atoms with Gasteiger partial charge in [-0.3, -0.25) is 10.2 Å². The normalized spacial score (nSPS) is 12.3. The van der Waals surface area contributed by atoms with E-state index in [1.54, 1.807) is 0 Å². The highest BCUT2D eigenvalue weighted by molar-refractivity contribution is 6.31. The fourth-order valence-electron chi connectivity index (χ4n) is 1.92. The third-order valence-electron chi connectivity index (χ3n) is 3.18. The van der Waals surface area contributed by atoms with Crippen LogP contribution in [0, 0.1) is 6.92 Å². The Kier molecular flexibility index (Phi) is 6.30. The van der Waals surface area contributed by atoms with E-state index in [-0.39, 0.29) is 12.0 Å². The standard InChI is InChI=1S/C15H23ClN2O2/c1-9(2)12-8-14(10(3)7-13(12)16)20-11(4)5-6-15(19)18-17/h7-9,11H,5-6,17H2,1-4H3,(H,18,19). The quantitative estimate of drug-likeness (QED) is 0.481. The van der Waals surface area contributed by atoms with Crippen LogP contribution in [0.2, 0.25) is 5.02 Å². The molecular formula is C15H23ClN2O2. The molecule has 1 unspecified atom stereocenters. The van der Waals surface area contributed by atoms with Gasteiger partial charge in [0.15, 0.2) is 0 Å². The molecule has 0 spiro atoms. The SMILES string of the molecule is Cc1cc(Cl)c(C(C)C)cc1OC(C)CCC(=O)NN. The molecule has 1 aromatic rings. The number of hydrogen-bond donors (Lipinski definition) is 2. The molecule has 20 heavy (non-hydrogen) atoms. The number of carbonyl (C=O) groups is 1. The number of halogens is 1. The molecule has 3 N–H and O–H groups in total. The van der Waals surface area contributed by atoms with Crippen LogP contribution in [0.5, 0.6) is 5.75 Å². The van der Waals surface area contributed by atoms with E-state index in [4.69, 9.17) is 22.2 Å². The summed E-state index contributed by atoms with van der Waals surface area (Å²) in [6, 6.07) is 3.91. The van der Waals surface area contributed by atoms with Gasteiger partial charge in [-0.25, -0.2) is 5.84 Å². The van der Waals surface area contributed by atoms with Gasteiger partial charge in [0, 0.05) is 11.4 Å². The fourth-order valence-corrected chi connectivity index (χ4v) is 2.36. The second-order valence-electron chi connectivity index (χ2n) is 5.33. The van der Waals surface area contributed by atoms with Crippen molar-refractivity contribution in [1.29, 1.82) is 0 Å². The van der Waals surface area contributed by atoms with Gasteiger partial charge in [-0.05, 0) is 49.4 Å². The number of benzene rings is 1. The lowest BCUT2D eigenvalue weighted by Crippen LogP contribution is -2.30. The molecule has 0 heterocycles. The Hall–Kier alpha value is -1.26. The molecule has 1 aromatic carbocycles. The summed E-state index contributed by atoms with van der Waals surface area (Å²) in [7, 11) is 0. The number of aryl methyl sites for hydroxylation is 1. The number of hydrogen-bond acceptors (Lipinski definition) is 3. The van der Waals surface area contributed by atoms with Crippen LogP contribution in [-0.4, -0.2) is 12.0 Å². The molecule has 0 aliphatic heterocycles. The zero-order chi connectivity index (χ0) is 15.3. The summed E-state index contributed by atoms with van der Waals surface area (Å²) >= 11 is 6.23. The summed E-state index contributed by atoms with van der Waals surface area (Å²) in [5.41, 5.74) is 4.18. The first-order chi connectivity index (χ1) is 9.35. The second-order valence-corrected chi connectivity index (χ2v) is 5.74. The maximum Gasteiger partial charge on any atom is 0.234 e. The Morgan fingerprint density at radius 3 is 2.60 bits per heavy atom. The van der Waals surface area contributed by atoms with Gasteiger partial charge in [-0.15, -0.1) is 0 Å². The van der Waals surface area contributed by atoms with Crippen LogP contribution >= 0.6 is 11.6 Å². The molecule has 0 fully saturated rings. The lowest BCUT2D eigenvalue weighted by molar-refractivity contribution is -0.121. The molecule has 5 heteroatoms. The topological polar surface area (TPSA) is 64.3 Å². The zero-order valence-electron chi connectivity index (χ0n) is 12.5. The predicted molar refractivity (Wildman–Crippen MR) is 81.9 cm³/mol. The lowest BCUT2D eigenvalue weighted by Gasteiger charge is -2.19. The highest BCUT2D eigenvalue weighted by atomic mass is 35.5. The van der Waals surface area contributed by atoms with Crippen LogP contribution in [0.25, 0.3) is 0 Å². The van der Waals surface area contributed by atoms with Crippen molar-refractivity contribution in [2.45, 2.75) is 52.6 Å². The van der Waals surface area contributed by atoms with Crippen LogP contribution in [-0.2, 0) is 4.79 Å². The van der Waals surface area contributed by atoms with Gasteiger partial charge in [0.1, 0.15) is 5.75 Å². The second kappa shape index (κ2) is 7.50. The summed E-state index contributed by atoms with van der Waals surface area (Å²) < 4.78 is 5.91. The molecule has 4 nitrogen and oxygen atoms in total. The first-order valence-corrected chi connectivity index (χ1v) is 7.19. The third-order valence-corrected chi connectivity index (χ3v) is 3.51. The van der Waals surface area contributed by atoms with Gasteiger partial charge < -0.3 is 4.74 Å². The Bertz CT molecular complexity index is 475. The van der Waals surface area contributed by atoms with Crippen molar-refractivity contribution in [2.24, 2.45) is 5.84 Å². The minimum absolute atomic E-state index is 0.0628. The Morgan fingerprint density at radius 2 is 2.05 bits per heavy atom. The van der Waals surface area contributed by atoms with Crippen LogP contribution in [0.3, 0.4) is 0 Å². The molecule has 0 aliphatic rings. The molecule has 0 radical (unpaired) electrons. The number of ether oxygens (including phenoxy) is 1.